The number of hydrogen-bond acceptors (Lipinski definition) is 6. The van der Waals surface area contributed by atoms with Gasteiger partial charge in [-0.05, 0) is 51.4 Å². The van der Waals surface area contributed by atoms with Crippen LogP contribution in [0.15, 0.2) is 97.1 Å². The van der Waals surface area contributed by atoms with Crippen LogP contribution in [0.1, 0.15) is 22.6 Å². The molecule has 0 bridgehead atoms. The molecule has 6 nitrogen and oxygen atoms in total. The molecule has 4 atom stereocenters. The minimum Gasteiger partial charge on any atom is -0.491 e. The third kappa shape index (κ3) is 5.41. The van der Waals surface area contributed by atoms with E-state index in [2.05, 4.69) is 91.0 Å². The molecule has 0 radical (unpaired) electrons. The van der Waals surface area contributed by atoms with Crippen LogP contribution in [0.2, 0.25) is 0 Å². The zero-order chi connectivity index (χ0) is 27.9. The molecule has 3 saturated heterocycles. The summed E-state index contributed by atoms with van der Waals surface area (Å²) in [5, 5.41) is 4.50. The molecule has 8 rings (SSSR count). The van der Waals surface area contributed by atoms with Crippen molar-refractivity contribution in [3.05, 3.63) is 114 Å². The van der Waals surface area contributed by atoms with Crippen LogP contribution in [0.3, 0.4) is 0 Å². The van der Waals surface area contributed by atoms with Gasteiger partial charge in [0, 0.05) is 17.0 Å². The van der Waals surface area contributed by atoms with Gasteiger partial charge in [-0.1, -0.05) is 72.8 Å². The topological polar surface area (TPSA) is 65.3 Å². The second-order valence-electron chi connectivity index (χ2n) is 11.2. The summed E-state index contributed by atoms with van der Waals surface area (Å²) in [6, 6.07) is 33.9. The van der Waals surface area contributed by atoms with Crippen LogP contribution in [-0.4, -0.2) is 58.0 Å². The molecule has 3 aliphatic rings. The molecule has 0 aromatic heterocycles. The van der Waals surface area contributed by atoms with E-state index >= 15 is 0 Å². The number of fused-ring (bicyclic) bond motifs is 2. The molecule has 5 aromatic carbocycles. The van der Waals surface area contributed by atoms with Crippen molar-refractivity contribution in [1.82, 2.24) is 0 Å². The number of rotatable bonds is 12. The van der Waals surface area contributed by atoms with E-state index in [9.17, 15) is 0 Å². The lowest BCUT2D eigenvalue weighted by Crippen LogP contribution is -2.13. The van der Waals surface area contributed by atoms with Gasteiger partial charge in [-0.3, -0.25) is 0 Å². The predicted molar refractivity (Wildman–Crippen MR) is 161 cm³/mol. The van der Waals surface area contributed by atoms with E-state index in [-0.39, 0.29) is 24.2 Å². The van der Waals surface area contributed by atoms with Crippen LogP contribution < -0.4 is 14.2 Å². The SMILES string of the molecule is c1ccc(C(c2c(OCC3CO3)ccc3ccccc23)c2c(OCC3CO3)ccc3ccc(OCC4CO4)cc23)cc1. The average molecular weight is 561 g/mol. The summed E-state index contributed by atoms with van der Waals surface area (Å²) in [5.74, 6) is 2.31. The summed E-state index contributed by atoms with van der Waals surface area (Å²) >= 11 is 0. The van der Waals surface area contributed by atoms with E-state index in [1.54, 1.807) is 0 Å². The molecular formula is C36H32O6. The molecule has 4 unspecified atom stereocenters. The number of hydrogen-bond donors (Lipinski definition) is 0. The Morgan fingerprint density at radius 2 is 1.07 bits per heavy atom. The summed E-state index contributed by atoms with van der Waals surface area (Å²) in [6.45, 7) is 3.80. The predicted octanol–water partition coefficient (Wildman–Crippen LogP) is 6.51. The number of epoxide rings is 3. The van der Waals surface area contributed by atoms with Crippen molar-refractivity contribution in [3.8, 4) is 17.2 Å². The van der Waals surface area contributed by atoms with Gasteiger partial charge < -0.3 is 28.4 Å². The first kappa shape index (κ1) is 25.6. The number of benzene rings is 5. The normalized spacial score (nSPS) is 21.2. The maximum Gasteiger partial charge on any atom is 0.124 e. The summed E-state index contributed by atoms with van der Waals surface area (Å²) in [4.78, 5) is 0. The quantitative estimate of drug-likeness (QED) is 0.128. The van der Waals surface area contributed by atoms with Crippen LogP contribution in [0.4, 0.5) is 0 Å². The van der Waals surface area contributed by atoms with Crippen molar-refractivity contribution in [2.24, 2.45) is 0 Å². The minimum absolute atomic E-state index is 0.131. The fraction of sp³-hybridized carbons (Fsp3) is 0.278. The van der Waals surface area contributed by atoms with Crippen molar-refractivity contribution < 1.29 is 28.4 Å². The van der Waals surface area contributed by atoms with Crippen LogP contribution in [-0.2, 0) is 14.2 Å². The van der Waals surface area contributed by atoms with Gasteiger partial charge in [0.15, 0.2) is 0 Å². The van der Waals surface area contributed by atoms with Gasteiger partial charge in [0.2, 0.25) is 0 Å². The highest BCUT2D eigenvalue weighted by Crippen LogP contribution is 2.48. The molecule has 3 heterocycles. The molecule has 3 fully saturated rings. The Bertz CT molecular complexity index is 1720. The molecule has 0 amide bonds. The van der Waals surface area contributed by atoms with Crippen LogP contribution in [0, 0.1) is 0 Å². The van der Waals surface area contributed by atoms with Gasteiger partial charge in [0.1, 0.15) is 55.4 Å². The Kier molecular flexibility index (Phi) is 6.67. The van der Waals surface area contributed by atoms with Gasteiger partial charge in [0.25, 0.3) is 0 Å². The van der Waals surface area contributed by atoms with Crippen LogP contribution in [0.5, 0.6) is 17.2 Å². The van der Waals surface area contributed by atoms with Crippen molar-refractivity contribution in [2.75, 3.05) is 39.6 Å². The van der Waals surface area contributed by atoms with E-state index in [1.807, 2.05) is 6.07 Å². The lowest BCUT2D eigenvalue weighted by Gasteiger charge is -2.27. The van der Waals surface area contributed by atoms with E-state index in [4.69, 9.17) is 28.4 Å². The first-order chi connectivity index (χ1) is 20.8. The van der Waals surface area contributed by atoms with E-state index in [0.717, 1.165) is 75.3 Å². The highest BCUT2D eigenvalue weighted by molar-refractivity contribution is 5.94. The Morgan fingerprint density at radius 3 is 1.71 bits per heavy atom. The third-order valence-corrected chi connectivity index (χ3v) is 8.13. The monoisotopic (exact) mass is 560 g/mol. The van der Waals surface area contributed by atoms with Gasteiger partial charge in [-0.2, -0.15) is 0 Å². The number of ether oxygens (including phenoxy) is 6. The largest absolute Gasteiger partial charge is 0.491 e. The zero-order valence-corrected chi connectivity index (χ0v) is 23.2. The zero-order valence-electron chi connectivity index (χ0n) is 23.2. The molecule has 0 spiro atoms. The van der Waals surface area contributed by atoms with Gasteiger partial charge in [-0.25, -0.2) is 0 Å². The summed E-state index contributed by atoms with van der Waals surface area (Å²) in [6.07, 6.45) is 0.452. The molecule has 212 valence electrons. The molecule has 0 N–H and O–H groups in total. The molecular weight excluding hydrogens is 528 g/mol. The summed E-state index contributed by atoms with van der Waals surface area (Å²) < 4.78 is 35.7. The Labute approximate surface area is 244 Å². The molecule has 42 heavy (non-hydrogen) atoms. The van der Waals surface area contributed by atoms with Crippen molar-refractivity contribution in [1.29, 1.82) is 0 Å². The molecule has 0 saturated carbocycles. The summed E-state index contributed by atoms with van der Waals surface area (Å²) in [5.41, 5.74) is 3.34. The maximum atomic E-state index is 6.55. The molecule has 0 aliphatic carbocycles. The van der Waals surface area contributed by atoms with Crippen molar-refractivity contribution in [3.63, 3.8) is 0 Å². The van der Waals surface area contributed by atoms with Crippen LogP contribution >= 0.6 is 0 Å². The Balaban J connectivity index is 1.36. The average Bonchev–Trinajstić information content (AvgIpc) is 3.87. The lowest BCUT2D eigenvalue weighted by atomic mass is 9.79. The second-order valence-corrected chi connectivity index (χ2v) is 11.2. The molecule has 6 heteroatoms. The Morgan fingerprint density at radius 1 is 0.548 bits per heavy atom. The fourth-order valence-electron chi connectivity index (χ4n) is 5.69. The van der Waals surface area contributed by atoms with Crippen molar-refractivity contribution in [2.45, 2.75) is 24.2 Å². The first-order valence-corrected chi connectivity index (χ1v) is 14.7. The third-order valence-electron chi connectivity index (χ3n) is 8.13. The van der Waals surface area contributed by atoms with Gasteiger partial charge in [-0.15, -0.1) is 0 Å². The van der Waals surface area contributed by atoms with Crippen LogP contribution in [0.25, 0.3) is 21.5 Å². The van der Waals surface area contributed by atoms with Crippen molar-refractivity contribution >= 4 is 21.5 Å². The summed E-state index contributed by atoms with van der Waals surface area (Å²) in [7, 11) is 0. The van der Waals surface area contributed by atoms with E-state index < -0.39 is 0 Å². The molecule has 3 aliphatic heterocycles. The lowest BCUT2D eigenvalue weighted by molar-refractivity contribution is 0.258. The highest BCUT2D eigenvalue weighted by Gasteiger charge is 2.31. The molecule has 5 aromatic rings. The maximum absolute atomic E-state index is 6.55. The second kappa shape index (κ2) is 11.0. The standard InChI is InChI=1S/C36H32O6/c1-2-7-25(8-3-1)34(35-30-9-5-4-6-23(30)11-14-32(35)41-21-28-19-39-28)36-31-16-26(37-17-27-18-38-27)13-10-24(31)12-15-33(36)42-22-29-20-40-29/h1-16,27-29,34H,17-22H2. The van der Waals surface area contributed by atoms with E-state index in [0.29, 0.717) is 19.8 Å². The first-order valence-electron chi connectivity index (χ1n) is 14.7. The fourth-order valence-corrected chi connectivity index (χ4v) is 5.69. The van der Waals surface area contributed by atoms with Gasteiger partial charge >= 0.3 is 0 Å². The van der Waals surface area contributed by atoms with E-state index in [1.165, 1.54) is 0 Å². The Hall–Kier alpha value is -4.10. The highest BCUT2D eigenvalue weighted by atomic mass is 16.6. The minimum atomic E-state index is -0.187. The van der Waals surface area contributed by atoms with Gasteiger partial charge in [0.05, 0.1) is 19.8 Å². The smallest absolute Gasteiger partial charge is 0.124 e.